The average Bonchev–Trinajstić information content (AvgIpc) is 2.10. The monoisotopic (exact) mass is 342 g/mol. The molecular formula is C11H23Re-. The Labute approximate surface area is 92.2 Å². The van der Waals surface area contributed by atoms with Crippen LogP contribution in [0.25, 0.3) is 0 Å². The zero-order valence-corrected chi connectivity index (χ0v) is 11.7. The quantitative estimate of drug-likeness (QED) is 0.631. The van der Waals surface area contributed by atoms with Gasteiger partial charge in [0.15, 0.2) is 0 Å². The molecule has 0 nitrogen and oxygen atoms in total. The van der Waals surface area contributed by atoms with Gasteiger partial charge in [-0.2, -0.15) is 12.8 Å². The Balaban J connectivity index is 0. The van der Waals surface area contributed by atoms with Crippen LogP contribution in [0.5, 0.6) is 0 Å². The predicted molar refractivity (Wildman–Crippen MR) is 52.4 cm³/mol. The van der Waals surface area contributed by atoms with E-state index < -0.39 is 0 Å². The summed E-state index contributed by atoms with van der Waals surface area (Å²) < 4.78 is 0. The van der Waals surface area contributed by atoms with Crippen LogP contribution >= 0.6 is 0 Å². The largest absolute Gasteiger partial charge is 0.328 e. The van der Waals surface area contributed by atoms with Gasteiger partial charge in [0, 0.05) is 20.4 Å². The Morgan fingerprint density at radius 2 is 1.50 bits per heavy atom. The van der Waals surface area contributed by atoms with Gasteiger partial charge in [0.1, 0.15) is 0 Å². The van der Waals surface area contributed by atoms with E-state index in [2.05, 4.69) is 20.3 Å². The Hall–Kier alpha value is 0.662. The average molecular weight is 342 g/mol. The maximum Gasteiger partial charge on any atom is 0 e. The third-order valence-electron chi connectivity index (χ3n) is 2.43. The molecule has 1 aliphatic carbocycles. The molecule has 0 atom stereocenters. The van der Waals surface area contributed by atoms with E-state index in [1.807, 2.05) is 13.8 Å². The molecule has 1 saturated carbocycles. The van der Waals surface area contributed by atoms with Crippen molar-refractivity contribution in [2.24, 2.45) is 11.8 Å². The predicted octanol–water partition coefficient (Wildman–Crippen LogP) is 4.06. The minimum absolute atomic E-state index is 0. The Bertz CT molecular complexity index is 73.1. The molecule has 0 heterocycles. The third kappa shape index (κ3) is 6.21. The van der Waals surface area contributed by atoms with Crippen molar-refractivity contribution in [3.8, 4) is 0 Å². The maximum atomic E-state index is 2.43. The summed E-state index contributed by atoms with van der Waals surface area (Å²) in [6, 6.07) is 0. The van der Waals surface area contributed by atoms with E-state index in [0.29, 0.717) is 0 Å². The Morgan fingerprint density at radius 1 is 1.08 bits per heavy atom. The van der Waals surface area contributed by atoms with Crippen molar-refractivity contribution in [1.82, 2.24) is 0 Å². The van der Waals surface area contributed by atoms with E-state index in [9.17, 15) is 0 Å². The molecule has 1 aliphatic rings. The maximum absolute atomic E-state index is 2.43. The fourth-order valence-electron chi connectivity index (χ4n) is 1.62. The second kappa shape index (κ2) is 9.75. The van der Waals surface area contributed by atoms with Crippen molar-refractivity contribution in [2.75, 3.05) is 0 Å². The summed E-state index contributed by atoms with van der Waals surface area (Å²) in [7, 11) is 0. The molecule has 0 bridgehead atoms. The van der Waals surface area contributed by atoms with Crippen LogP contribution in [0, 0.1) is 18.3 Å². The van der Waals surface area contributed by atoms with Gasteiger partial charge in [-0.3, -0.25) is 0 Å². The van der Waals surface area contributed by atoms with Gasteiger partial charge in [0.25, 0.3) is 0 Å². The molecule has 0 aromatic heterocycles. The SMILES string of the molecule is CC.CC(C)C1CC[CH-]CC1.[Re]. The summed E-state index contributed by atoms with van der Waals surface area (Å²) in [6.45, 7) is 8.69. The standard InChI is InChI=1S/C9H17.C2H6.Re/c1-8(2)9-6-4-3-5-7-9;1-2;/h3,8-9H,4-7H2,1-2H3;1-2H3;/q-1;;. The van der Waals surface area contributed by atoms with E-state index in [1.165, 1.54) is 25.7 Å². The van der Waals surface area contributed by atoms with Crippen LogP contribution in [-0.4, -0.2) is 0 Å². The molecule has 0 unspecified atom stereocenters. The first-order chi connectivity index (χ1) is 5.30. The molecule has 0 amide bonds. The van der Waals surface area contributed by atoms with Crippen LogP contribution in [0.4, 0.5) is 0 Å². The summed E-state index contributed by atoms with van der Waals surface area (Å²) in [4.78, 5) is 0. The van der Waals surface area contributed by atoms with Crippen LogP contribution < -0.4 is 0 Å². The van der Waals surface area contributed by atoms with Gasteiger partial charge in [-0.05, 0) is 11.8 Å². The summed E-state index contributed by atoms with van der Waals surface area (Å²) in [5, 5.41) is 0. The number of hydrogen-bond donors (Lipinski definition) is 0. The second-order valence-corrected chi connectivity index (χ2v) is 3.45. The zero-order valence-electron chi connectivity index (χ0n) is 8.94. The normalized spacial score (nSPS) is 17.8. The molecule has 0 aromatic carbocycles. The van der Waals surface area contributed by atoms with Crippen LogP contribution in [-0.2, 0) is 20.4 Å². The molecule has 75 valence electrons. The molecule has 1 radical (unpaired) electrons. The third-order valence-corrected chi connectivity index (χ3v) is 2.43. The van der Waals surface area contributed by atoms with Crippen molar-refractivity contribution < 1.29 is 20.4 Å². The summed E-state index contributed by atoms with van der Waals surface area (Å²) in [6.07, 6.45) is 8.04. The van der Waals surface area contributed by atoms with Crippen LogP contribution in [0.3, 0.4) is 0 Å². The minimum Gasteiger partial charge on any atom is -0.328 e. The first-order valence-corrected chi connectivity index (χ1v) is 5.12. The molecule has 0 aromatic rings. The summed E-state index contributed by atoms with van der Waals surface area (Å²) in [5.41, 5.74) is 0. The molecule has 1 rings (SSSR count). The van der Waals surface area contributed by atoms with E-state index in [4.69, 9.17) is 0 Å². The van der Waals surface area contributed by atoms with E-state index in [-0.39, 0.29) is 20.4 Å². The minimum atomic E-state index is 0. The molecular weight excluding hydrogens is 318 g/mol. The van der Waals surface area contributed by atoms with Crippen LogP contribution in [0.15, 0.2) is 0 Å². The van der Waals surface area contributed by atoms with Gasteiger partial charge < -0.3 is 6.42 Å². The van der Waals surface area contributed by atoms with Gasteiger partial charge in [0.05, 0.1) is 0 Å². The van der Waals surface area contributed by atoms with E-state index in [0.717, 1.165) is 11.8 Å². The summed E-state index contributed by atoms with van der Waals surface area (Å²) in [5.74, 6) is 1.94. The smallest absolute Gasteiger partial charge is 0 e. The number of rotatable bonds is 1. The topological polar surface area (TPSA) is 0 Å². The van der Waals surface area contributed by atoms with Crippen LogP contribution in [0.1, 0.15) is 53.4 Å². The van der Waals surface area contributed by atoms with E-state index >= 15 is 0 Å². The fraction of sp³-hybridized carbons (Fsp3) is 0.909. The van der Waals surface area contributed by atoms with Crippen molar-refractivity contribution >= 4 is 0 Å². The van der Waals surface area contributed by atoms with Crippen molar-refractivity contribution in [2.45, 2.75) is 53.4 Å². The molecule has 0 spiro atoms. The molecule has 0 N–H and O–H groups in total. The molecule has 0 aliphatic heterocycles. The van der Waals surface area contributed by atoms with Crippen LogP contribution in [0.2, 0.25) is 0 Å². The van der Waals surface area contributed by atoms with Gasteiger partial charge >= 0.3 is 0 Å². The van der Waals surface area contributed by atoms with Gasteiger partial charge in [0.2, 0.25) is 0 Å². The molecule has 1 heteroatoms. The molecule has 12 heavy (non-hydrogen) atoms. The van der Waals surface area contributed by atoms with Crippen molar-refractivity contribution in [1.29, 1.82) is 0 Å². The van der Waals surface area contributed by atoms with Gasteiger partial charge in [-0.15, -0.1) is 0 Å². The van der Waals surface area contributed by atoms with E-state index in [1.54, 1.807) is 0 Å². The van der Waals surface area contributed by atoms with Crippen molar-refractivity contribution in [3.63, 3.8) is 0 Å². The first kappa shape index (κ1) is 15.1. The fourth-order valence-corrected chi connectivity index (χ4v) is 1.62. The van der Waals surface area contributed by atoms with Gasteiger partial charge in [-0.1, -0.05) is 40.5 Å². The second-order valence-electron chi connectivity index (χ2n) is 3.45. The Morgan fingerprint density at radius 3 is 1.75 bits per heavy atom. The summed E-state index contributed by atoms with van der Waals surface area (Å²) >= 11 is 0. The Kier molecular flexibility index (Phi) is 12.3. The first-order valence-electron chi connectivity index (χ1n) is 5.12. The molecule has 0 saturated heterocycles. The van der Waals surface area contributed by atoms with Gasteiger partial charge in [-0.25, -0.2) is 0 Å². The number of hydrogen-bond acceptors (Lipinski definition) is 0. The van der Waals surface area contributed by atoms with Crippen molar-refractivity contribution in [3.05, 3.63) is 6.42 Å². The molecule has 1 fully saturated rings. The zero-order chi connectivity index (χ0) is 8.69.